The van der Waals surface area contributed by atoms with Crippen LogP contribution in [-0.4, -0.2) is 31.3 Å². The first-order chi connectivity index (χ1) is 14.0. The van der Waals surface area contributed by atoms with E-state index in [1.54, 1.807) is 62.6 Å². The number of methoxy groups -OCH3 is 1. The molecule has 4 rings (SSSR count). The fourth-order valence-electron chi connectivity index (χ4n) is 3.52. The van der Waals surface area contributed by atoms with E-state index in [4.69, 9.17) is 13.9 Å². The van der Waals surface area contributed by atoms with Crippen LogP contribution in [0.15, 0.2) is 52.9 Å². The van der Waals surface area contributed by atoms with Crippen LogP contribution in [0.4, 0.5) is 0 Å². The van der Waals surface area contributed by atoms with Crippen LogP contribution < -0.4 is 4.74 Å². The Morgan fingerprint density at radius 1 is 0.931 bits per heavy atom. The molecule has 3 aromatic rings. The zero-order valence-corrected chi connectivity index (χ0v) is 16.0. The molecule has 0 spiro atoms. The van der Waals surface area contributed by atoms with E-state index in [9.17, 15) is 14.4 Å². The standard InChI is InChI=1S/C23H18O6/c1-3-28-18(24)12-17-19(13-8-10-14(27-2)11-9-13)20-21(25)15-6-4-5-7-16(15)22(26)23(20)29-17/h4-11H,3,12H2,1-2H3. The fourth-order valence-corrected chi connectivity index (χ4v) is 3.52. The molecule has 0 bridgehead atoms. The van der Waals surface area contributed by atoms with Crippen molar-refractivity contribution < 1.29 is 28.3 Å². The quantitative estimate of drug-likeness (QED) is 0.482. The number of furan rings is 1. The van der Waals surface area contributed by atoms with Gasteiger partial charge in [0.05, 0.1) is 19.3 Å². The molecule has 6 heteroatoms. The van der Waals surface area contributed by atoms with Gasteiger partial charge < -0.3 is 13.9 Å². The second-order valence-electron chi connectivity index (χ2n) is 6.52. The Bertz CT molecular complexity index is 1120. The molecule has 1 aromatic heterocycles. The number of carbonyl (C=O) groups is 3. The lowest BCUT2D eigenvalue weighted by Gasteiger charge is -2.14. The van der Waals surface area contributed by atoms with Crippen LogP contribution in [0.1, 0.15) is 44.7 Å². The van der Waals surface area contributed by atoms with E-state index in [0.717, 1.165) is 0 Å². The zero-order chi connectivity index (χ0) is 20.5. The van der Waals surface area contributed by atoms with Crippen molar-refractivity contribution in [3.8, 4) is 16.9 Å². The van der Waals surface area contributed by atoms with Gasteiger partial charge in [0.1, 0.15) is 17.9 Å². The summed E-state index contributed by atoms with van der Waals surface area (Å²) in [6.07, 6.45) is -0.181. The van der Waals surface area contributed by atoms with Crippen LogP contribution >= 0.6 is 0 Å². The summed E-state index contributed by atoms with van der Waals surface area (Å²) >= 11 is 0. The molecule has 2 aromatic carbocycles. The molecule has 29 heavy (non-hydrogen) atoms. The Balaban J connectivity index is 1.92. The molecule has 1 aliphatic rings. The van der Waals surface area contributed by atoms with Crippen LogP contribution in [0.5, 0.6) is 5.75 Å². The number of benzene rings is 2. The predicted octanol–water partition coefficient (Wildman–Crippen LogP) is 3.84. The second-order valence-corrected chi connectivity index (χ2v) is 6.52. The van der Waals surface area contributed by atoms with Gasteiger partial charge in [0.25, 0.3) is 0 Å². The minimum Gasteiger partial charge on any atom is -0.497 e. The average molecular weight is 390 g/mol. The van der Waals surface area contributed by atoms with E-state index < -0.39 is 5.97 Å². The van der Waals surface area contributed by atoms with Gasteiger partial charge in [-0.05, 0) is 24.6 Å². The first-order valence-corrected chi connectivity index (χ1v) is 9.19. The summed E-state index contributed by atoms with van der Waals surface area (Å²) in [4.78, 5) is 38.3. The zero-order valence-electron chi connectivity index (χ0n) is 16.0. The Labute approximate surface area is 167 Å². The number of ketones is 2. The first kappa shape index (κ1) is 18.7. The van der Waals surface area contributed by atoms with Gasteiger partial charge >= 0.3 is 5.97 Å². The smallest absolute Gasteiger partial charge is 0.313 e. The molecular formula is C23H18O6. The molecule has 0 atom stereocenters. The van der Waals surface area contributed by atoms with Crippen LogP contribution in [0.25, 0.3) is 11.1 Å². The molecule has 0 fully saturated rings. The third-order valence-electron chi connectivity index (χ3n) is 4.82. The van der Waals surface area contributed by atoms with E-state index >= 15 is 0 Å². The van der Waals surface area contributed by atoms with Gasteiger partial charge in [-0.25, -0.2) is 0 Å². The summed E-state index contributed by atoms with van der Waals surface area (Å²) in [5, 5.41) is 0. The maximum absolute atomic E-state index is 13.2. The van der Waals surface area contributed by atoms with E-state index in [0.29, 0.717) is 28.0 Å². The summed E-state index contributed by atoms with van der Waals surface area (Å²) in [6, 6.07) is 13.6. The topological polar surface area (TPSA) is 82.8 Å². The molecule has 1 heterocycles. The number of fused-ring (bicyclic) bond motifs is 2. The summed E-state index contributed by atoms with van der Waals surface area (Å²) in [5.41, 5.74) is 1.88. The summed E-state index contributed by atoms with van der Waals surface area (Å²) in [5.74, 6) is -0.344. The highest BCUT2D eigenvalue weighted by Gasteiger charge is 2.37. The van der Waals surface area contributed by atoms with Crippen molar-refractivity contribution >= 4 is 17.5 Å². The molecule has 0 saturated carbocycles. The second kappa shape index (κ2) is 7.39. The normalized spacial score (nSPS) is 12.3. The lowest BCUT2D eigenvalue weighted by Crippen LogP contribution is -2.19. The molecule has 0 saturated heterocycles. The maximum Gasteiger partial charge on any atom is 0.313 e. The van der Waals surface area contributed by atoms with Crippen molar-refractivity contribution in [2.75, 3.05) is 13.7 Å². The number of hydrogen-bond acceptors (Lipinski definition) is 6. The van der Waals surface area contributed by atoms with Gasteiger partial charge in [-0.2, -0.15) is 0 Å². The first-order valence-electron chi connectivity index (χ1n) is 9.19. The van der Waals surface area contributed by atoms with Gasteiger partial charge in [0.15, 0.2) is 11.5 Å². The van der Waals surface area contributed by atoms with E-state index in [1.807, 2.05) is 0 Å². The van der Waals surface area contributed by atoms with Gasteiger partial charge in [-0.1, -0.05) is 36.4 Å². The SMILES string of the molecule is CCOC(=O)Cc1oc2c(c1-c1ccc(OC)cc1)C(=O)c1ccccc1C2=O. The fraction of sp³-hybridized carbons (Fsp3) is 0.174. The van der Waals surface area contributed by atoms with Crippen molar-refractivity contribution in [2.24, 2.45) is 0 Å². The molecule has 0 amide bonds. The van der Waals surface area contributed by atoms with Crippen molar-refractivity contribution in [3.05, 3.63) is 76.7 Å². The maximum atomic E-state index is 13.2. The van der Waals surface area contributed by atoms with E-state index in [1.165, 1.54) is 0 Å². The number of esters is 1. The molecular weight excluding hydrogens is 372 g/mol. The van der Waals surface area contributed by atoms with Crippen LogP contribution in [0.2, 0.25) is 0 Å². The average Bonchev–Trinajstić information content (AvgIpc) is 3.11. The number of rotatable bonds is 5. The summed E-state index contributed by atoms with van der Waals surface area (Å²) < 4.78 is 16.0. The highest BCUT2D eigenvalue weighted by atomic mass is 16.5. The molecule has 0 radical (unpaired) electrons. The lowest BCUT2D eigenvalue weighted by molar-refractivity contribution is -0.142. The lowest BCUT2D eigenvalue weighted by atomic mass is 9.85. The van der Waals surface area contributed by atoms with Gasteiger partial charge in [0, 0.05) is 16.7 Å². The Kier molecular flexibility index (Phi) is 4.76. The molecule has 0 N–H and O–H groups in total. The minimum absolute atomic E-state index is 0.0428. The number of carbonyl (C=O) groups excluding carboxylic acids is 3. The van der Waals surface area contributed by atoms with Crippen molar-refractivity contribution in [3.63, 3.8) is 0 Å². The van der Waals surface area contributed by atoms with Crippen LogP contribution in [-0.2, 0) is 16.0 Å². The highest BCUT2D eigenvalue weighted by molar-refractivity contribution is 6.29. The largest absolute Gasteiger partial charge is 0.497 e. The Morgan fingerprint density at radius 2 is 1.59 bits per heavy atom. The van der Waals surface area contributed by atoms with Gasteiger partial charge in [-0.15, -0.1) is 0 Å². The Hall–Kier alpha value is -3.67. The van der Waals surface area contributed by atoms with Crippen molar-refractivity contribution in [2.45, 2.75) is 13.3 Å². The summed E-state index contributed by atoms with van der Waals surface area (Å²) in [6.45, 7) is 1.93. The van der Waals surface area contributed by atoms with Crippen LogP contribution in [0.3, 0.4) is 0 Å². The Morgan fingerprint density at radius 3 is 2.21 bits per heavy atom. The molecule has 1 aliphatic carbocycles. The number of ether oxygens (including phenoxy) is 2. The third kappa shape index (κ3) is 3.12. The number of hydrogen-bond donors (Lipinski definition) is 0. The van der Waals surface area contributed by atoms with E-state index in [-0.39, 0.29) is 41.7 Å². The molecule has 146 valence electrons. The van der Waals surface area contributed by atoms with E-state index in [2.05, 4.69) is 0 Å². The predicted molar refractivity (Wildman–Crippen MR) is 104 cm³/mol. The van der Waals surface area contributed by atoms with Crippen LogP contribution in [0, 0.1) is 0 Å². The third-order valence-corrected chi connectivity index (χ3v) is 4.82. The van der Waals surface area contributed by atoms with Gasteiger partial charge in [0.2, 0.25) is 5.78 Å². The minimum atomic E-state index is -0.495. The summed E-state index contributed by atoms with van der Waals surface area (Å²) in [7, 11) is 1.56. The molecule has 0 aliphatic heterocycles. The van der Waals surface area contributed by atoms with Crippen molar-refractivity contribution in [1.82, 2.24) is 0 Å². The molecule has 6 nitrogen and oxygen atoms in total. The molecule has 0 unspecified atom stereocenters. The highest BCUT2D eigenvalue weighted by Crippen LogP contribution is 2.39. The van der Waals surface area contributed by atoms with Gasteiger partial charge in [-0.3, -0.25) is 14.4 Å². The monoisotopic (exact) mass is 390 g/mol. The van der Waals surface area contributed by atoms with Crippen molar-refractivity contribution in [1.29, 1.82) is 0 Å².